The molecule has 8 heteroatoms. The molecule has 1 amide bonds. The molecule has 4 aliphatic heterocycles. The fourth-order valence-electron chi connectivity index (χ4n) is 6.33. The van der Waals surface area contributed by atoms with Gasteiger partial charge in [-0.2, -0.15) is 0 Å². The molecule has 4 heterocycles. The second-order valence-electron chi connectivity index (χ2n) is 9.29. The van der Waals surface area contributed by atoms with Crippen molar-refractivity contribution in [2.75, 3.05) is 23.7 Å². The van der Waals surface area contributed by atoms with Gasteiger partial charge >= 0.3 is 0 Å². The standard InChI is InChI=1S/C27H21ClN2O4S/c28-17-7-8-19-18(11-17)27(26(32)29-19)24(25(31)16-6-9-21-22(10-16)34-14-33-21)23(15-4-2-1-3-5-15)20-12-35-13-30(20)27/h1-11,20,23-24H,12-14H2,(H,29,32)/t20-,23-,24-,27+/m0/s1. The first-order chi connectivity index (χ1) is 17.1. The second kappa shape index (κ2) is 7.75. The molecular weight excluding hydrogens is 484 g/mol. The number of nitrogens with one attached hydrogen (secondary N) is 1. The first-order valence-corrected chi connectivity index (χ1v) is 13.1. The molecule has 7 rings (SSSR count). The molecule has 0 aliphatic carbocycles. The maximum atomic E-state index is 14.5. The van der Waals surface area contributed by atoms with Crippen LogP contribution < -0.4 is 14.8 Å². The van der Waals surface area contributed by atoms with Gasteiger partial charge in [-0.15, -0.1) is 11.8 Å². The first kappa shape index (κ1) is 21.3. The summed E-state index contributed by atoms with van der Waals surface area (Å²) in [5, 5.41) is 3.62. The molecule has 0 aromatic heterocycles. The molecule has 0 bridgehead atoms. The van der Waals surface area contributed by atoms with Crippen molar-refractivity contribution < 1.29 is 19.1 Å². The molecule has 2 fully saturated rings. The van der Waals surface area contributed by atoms with Crippen LogP contribution in [-0.2, 0) is 10.3 Å². The van der Waals surface area contributed by atoms with Crippen molar-refractivity contribution in [3.63, 3.8) is 0 Å². The molecule has 0 radical (unpaired) electrons. The summed E-state index contributed by atoms with van der Waals surface area (Å²) in [7, 11) is 0. The Labute approximate surface area is 211 Å². The van der Waals surface area contributed by atoms with Crippen molar-refractivity contribution >= 4 is 40.7 Å². The predicted octanol–water partition coefficient (Wildman–Crippen LogP) is 4.89. The smallest absolute Gasteiger partial charge is 0.250 e. The Hall–Kier alpha value is -3.00. The molecule has 4 atom stereocenters. The molecule has 2 saturated heterocycles. The van der Waals surface area contributed by atoms with E-state index in [9.17, 15) is 9.59 Å². The van der Waals surface area contributed by atoms with E-state index in [1.165, 1.54) is 0 Å². The maximum absolute atomic E-state index is 14.5. The topological polar surface area (TPSA) is 67.9 Å². The SMILES string of the molecule is O=C(c1ccc2c(c1)OCO2)[C@@H]1[C@@H](c2ccccc2)[C@@H]2CSCN2[C@@]12C(=O)Nc1ccc(Cl)cc12. The molecular formula is C27H21ClN2O4S. The summed E-state index contributed by atoms with van der Waals surface area (Å²) >= 11 is 8.26. The van der Waals surface area contributed by atoms with Gasteiger partial charge in [0.25, 0.3) is 0 Å². The molecule has 1 N–H and O–H groups in total. The molecule has 35 heavy (non-hydrogen) atoms. The zero-order valence-electron chi connectivity index (χ0n) is 18.6. The van der Waals surface area contributed by atoms with E-state index in [2.05, 4.69) is 22.3 Å². The van der Waals surface area contributed by atoms with Crippen LogP contribution in [0.15, 0.2) is 66.7 Å². The second-order valence-corrected chi connectivity index (χ2v) is 10.7. The van der Waals surface area contributed by atoms with E-state index >= 15 is 0 Å². The highest BCUT2D eigenvalue weighted by atomic mass is 35.5. The highest BCUT2D eigenvalue weighted by molar-refractivity contribution is 7.99. The number of anilines is 1. The van der Waals surface area contributed by atoms with Crippen LogP contribution in [0.3, 0.4) is 0 Å². The number of carbonyl (C=O) groups excluding carboxylic acids is 2. The Morgan fingerprint density at radius 1 is 1.06 bits per heavy atom. The van der Waals surface area contributed by atoms with Gasteiger partial charge < -0.3 is 14.8 Å². The lowest BCUT2D eigenvalue weighted by molar-refractivity contribution is -0.127. The summed E-state index contributed by atoms with van der Waals surface area (Å²) < 4.78 is 11.0. The Balaban J connectivity index is 1.47. The Kier molecular flexibility index (Phi) is 4.72. The average Bonchev–Trinajstić information content (AvgIpc) is 3.63. The third kappa shape index (κ3) is 2.89. The molecule has 3 aromatic carbocycles. The maximum Gasteiger partial charge on any atom is 0.250 e. The van der Waals surface area contributed by atoms with Gasteiger partial charge in [0, 0.05) is 45.4 Å². The highest BCUT2D eigenvalue weighted by Crippen LogP contribution is 2.61. The van der Waals surface area contributed by atoms with Crippen LogP contribution in [0, 0.1) is 5.92 Å². The van der Waals surface area contributed by atoms with Crippen LogP contribution in [0.1, 0.15) is 27.4 Å². The normalized spacial score (nSPS) is 28.3. The number of hydrogen-bond acceptors (Lipinski definition) is 6. The van der Waals surface area contributed by atoms with Crippen molar-refractivity contribution in [3.8, 4) is 11.5 Å². The Morgan fingerprint density at radius 3 is 2.74 bits per heavy atom. The number of carbonyl (C=O) groups is 2. The lowest BCUT2D eigenvalue weighted by atomic mass is 9.69. The van der Waals surface area contributed by atoms with Crippen LogP contribution in [0.2, 0.25) is 5.02 Å². The fourth-order valence-corrected chi connectivity index (χ4v) is 7.82. The predicted molar refractivity (Wildman–Crippen MR) is 134 cm³/mol. The third-order valence-corrected chi connectivity index (χ3v) is 8.98. The van der Waals surface area contributed by atoms with Crippen molar-refractivity contribution in [1.29, 1.82) is 0 Å². The lowest BCUT2D eigenvalue weighted by Gasteiger charge is -2.36. The van der Waals surface area contributed by atoms with Crippen LogP contribution in [0.4, 0.5) is 5.69 Å². The van der Waals surface area contributed by atoms with Gasteiger partial charge in [-0.25, -0.2) is 0 Å². The number of amides is 1. The van der Waals surface area contributed by atoms with Gasteiger partial charge in [0.1, 0.15) is 5.54 Å². The number of benzene rings is 3. The largest absolute Gasteiger partial charge is 0.454 e. The third-order valence-electron chi connectivity index (χ3n) is 7.71. The molecule has 6 nitrogen and oxygen atoms in total. The number of hydrogen-bond donors (Lipinski definition) is 1. The number of thioether (sulfide) groups is 1. The van der Waals surface area contributed by atoms with Crippen LogP contribution in [0.25, 0.3) is 0 Å². The highest BCUT2D eigenvalue weighted by Gasteiger charge is 2.69. The van der Waals surface area contributed by atoms with Crippen LogP contribution in [0.5, 0.6) is 11.5 Å². The lowest BCUT2D eigenvalue weighted by Crippen LogP contribution is -2.52. The quantitative estimate of drug-likeness (QED) is 0.512. The van der Waals surface area contributed by atoms with Crippen LogP contribution in [-0.4, -0.2) is 41.1 Å². The zero-order chi connectivity index (χ0) is 23.7. The van der Waals surface area contributed by atoms with Gasteiger partial charge in [0.15, 0.2) is 17.3 Å². The number of nitrogens with zero attached hydrogens (tertiary/aromatic N) is 1. The van der Waals surface area contributed by atoms with Crippen molar-refractivity contribution in [1.82, 2.24) is 4.90 Å². The molecule has 4 aliphatic rings. The van der Waals surface area contributed by atoms with E-state index in [0.717, 1.165) is 16.9 Å². The summed E-state index contributed by atoms with van der Waals surface area (Å²) in [5.41, 5.74) is 1.91. The first-order valence-electron chi connectivity index (χ1n) is 11.5. The Morgan fingerprint density at radius 2 is 1.89 bits per heavy atom. The van der Waals surface area contributed by atoms with Crippen molar-refractivity contribution in [3.05, 3.63) is 88.4 Å². The molecule has 0 saturated carbocycles. The number of halogens is 1. The number of fused-ring (bicyclic) bond motifs is 5. The molecule has 176 valence electrons. The van der Waals surface area contributed by atoms with Gasteiger partial charge in [0.05, 0.1) is 5.92 Å². The minimum atomic E-state index is -1.15. The fraction of sp³-hybridized carbons (Fsp3) is 0.259. The monoisotopic (exact) mass is 504 g/mol. The molecule has 0 unspecified atom stereocenters. The van der Waals surface area contributed by atoms with E-state index < -0.39 is 11.5 Å². The van der Waals surface area contributed by atoms with Crippen molar-refractivity contribution in [2.24, 2.45) is 5.92 Å². The number of Topliss-reactive ketones (excluding diaryl/α,β-unsaturated/α-hetero) is 1. The summed E-state index contributed by atoms with van der Waals surface area (Å²) in [6.45, 7) is 0.133. The van der Waals surface area contributed by atoms with E-state index in [4.69, 9.17) is 21.1 Å². The number of ether oxygens (including phenoxy) is 2. The summed E-state index contributed by atoms with van der Waals surface area (Å²) in [4.78, 5) is 30.8. The van der Waals surface area contributed by atoms with Gasteiger partial charge in [-0.3, -0.25) is 14.5 Å². The number of rotatable bonds is 3. The van der Waals surface area contributed by atoms with E-state index in [-0.39, 0.29) is 30.4 Å². The minimum Gasteiger partial charge on any atom is -0.454 e. The van der Waals surface area contributed by atoms with Gasteiger partial charge in [-0.05, 0) is 42.0 Å². The van der Waals surface area contributed by atoms with Crippen LogP contribution >= 0.6 is 23.4 Å². The number of ketones is 1. The van der Waals surface area contributed by atoms with E-state index in [1.807, 2.05) is 30.3 Å². The summed E-state index contributed by atoms with van der Waals surface area (Å²) in [6.07, 6.45) is 0. The summed E-state index contributed by atoms with van der Waals surface area (Å²) in [5.74, 6) is 1.62. The molecule has 3 aromatic rings. The average molecular weight is 505 g/mol. The Bertz CT molecular complexity index is 1380. The van der Waals surface area contributed by atoms with Crippen molar-refractivity contribution in [2.45, 2.75) is 17.5 Å². The zero-order valence-corrected chi connectivity index (χ0v) is 20.1. The van der Waals surface area contributed by atoms with Gasteiger partial charge in [-0.1, -0.05) is 41.9 Å². The molecule has 1 spiro atoms. The van der Waals surface area contributed by atoms with E-state index in [0.29, 0.717) is 33.6 Å². The minimum absolute atomic E-state index is 0.0287. The summed E-state index contributed by atoms with van der Waals surface area (Å²) in [6, 6.07) is 20.9. The van der Waals surface area contributed by atoms with Gasteiger partial charge in [0.2, 0.25) is 12.7 Å². The van der Waals surface area contributed by atoms with E-state index in [1.54, 1.807) is 36.0 Å².